The van der Waals surface area contributed by atoms with Crippen molar-refractivity contribution >= 4 is 21.2 Å². The highest BCUT2D eigenvalue weighted by atomic mass is 32.2. The summed E-state index contributed by atoms with van der Waals surface area (Å²) in [6.07, 6.45) is 0.842. The van der Waals surface area contributed by atoms with Crippen molar-refractivity contribution in [2.75, 3.05) is 19.0 Å². The van der Waals surface area contributed by atoms with Crippen LogP contribution < -0.4 is 0 Å². The van der Waals surface area contributed by atoms with Gasteiger partial charge in [-0.05, 0) is 49.4 Å². The first-order valence-corrected chi connectivity index (χ1v) is 11.3. The van der Waals surface area contributed by atoms with E-state index in [1.54, 1.807) is 13.8 Å². The van der Waals surface area contributed by atoms with Crippen LogP contribution in [-0.4, -0.2) is 32.6 Å². The van der Waals surface area contributed by atoms with E-state index >= 15 is 0 Å². The lowest BCUT2D eigenvalue weighted by Gasteiger charge is -2.32. The Balaban J connectivity index is 1.81. The van der Waals surface area contributed by atoms with E-state index in [0.29, 0.717) is 18.1 Å². The maximum absolute atomic E-state index is 12.4. The average Bonchev–Trinajstić information content (AvgIpc) is 3.11. The molecule has 1 saturated heterocycles. The van der Waals surface area contributed by atoms with Crippen molar-refractivity contribution < 1.29 is 13.2 Å². The average molecular weight is 390 g/mol. The molecular weight excluding hydrogens is 366 g/mol. The maximum atomic E-state index is 12.4. The van der Waals surface area contributed by atoms with Gasteiger partial charge in [-0.1, -0.05) is 24.3 Å². The van der Waals surface area contributed by atoms with Crippen LogP contribution in [-0.2, 0) is 14.6 Å². The molecule has 0 bridgehead atoms. The molecule has 0 radical (unpaired) electrons. The number of hydrogen-bond acceptors (Lipinski definition) is 5. The second-order valence-corrected chi connectivity index (χ2v) is 10.7. The van der Waals surface area contributed by atoms with Gasteiger partial charge in [-0.3, -0.25) is 0 Å². The Labute approximate surface area is 159 Å². The van der Waals surface area contributed by atoms with Gasteiger partial charge >= 0.3 is 0 Å². The third kappa shape index (κ3) is 4.17. The topological polar surface area (TPSA) is 67.2 Å². The van der Waals surface area contributed by atoms with Gasteiger partial charge in [-0.25, -0.2) is 8.42 Å². The van der Waals surface area contributed by atoms with E-state index < -0.39 is 9.84 Å². The standard InChI is InChI=1S/C20H23NO3S2/c1-14(2)26(22,23)13-17-12-24-10-9-19(17)15-3-5-16(6-4-15)20-8-7-18(11-21)25-20/h3-8,14,17,19H,9-10,12-13H2,1-2H3/t17-,19-/m1/s1. The summed E-state index contributed by atoms with van der Waals surface area (Å²) in [4.78, 5) is 1.77. The summed E-state index contributed by atoms with van der Waals surface area (Å²) in [6, 6.07) is 14.3. The third-order valence-electron chi connectivity index (χ3n) is 4.98. The summed E-state index contributed by atoms with van der Waals surface area (Å²) in [5.41, 5.74) is 2.25. The normalized spacial score (nSPS) is 20.8. The second-order valence-electron chi connectivity index (χ2n) is 7.01. The molecule has 1 aliphatic rings. The molecule has 2 heterocycles. The Morgan fingerprint density at radius 2 is 1.96 bits per heavy atom. The van der Waals surface area contributed by atoms with Gasteiger partial charge in [0.2, 0.25) is 0 Å². The molecule has 6 heteroatoms. The van der Waals surface area contributed by atoms with Crippen LogP contribution in [0.4, 0.5) is 0 Å². The van der Waals surface area contributed by atoms with Gasteiger partial charge in [0.25, 0.3) is 0 Å². The van der Waals surface area contributed by atoms with Gasteiger partial charge in [-0.15, -0.1) is 11.3 Å². The molecular formula is C20H23NO3S2. The van der Waals surface area contributed by atoms with Crippen LogP contribution in [0.15, 0.2) is 36.4 Å². The molecule has 138 valence electrons. The minimum Gasteiger partial charge on any atom is -0.381 e. The van der Waals surface area contributed by atoms with Crippen molar-refractivity contribution in [3.05, 3.63) is 46.8 Å². The van der Waals surface area contributed by atoms with Crippen LogP contribution in [0.5, 0.6) is 0 Å². The highest BCUT2D eigenvalue weighted by Gasteiger charge is 2.32. The molecule has 0 amide bonds. The number of hydrogen-bond donors (Lipinski definition) is 0. The van der Waals surface area contributed by atoms with Crippen LogP contribution in [0.25, 0.3) is 10.4 Å². The van der Waals surface area contributed by atoms with E-state index in [0.717, 1.165) is 22.4 Å². The van der Waals surface area contributed by atoms with Gasteiger partial charge in [0.05, 0.1) is 17.6 Å². The van der Waals surface area contributed by atoms with Crippen molar-refractivity contribution in [1.82, 2.24) is 0 Å². The van der Waals surface area contributed by atoms with Crippen LogP contribution >= 0.6 is 11.3 Å². The Morgan fingerprint density at radius 1 is 1.23 bits per heavy atom. The monoisotopic (exact) mass is 389 g/mol. The van der Waals surface area contributed by atoms with Crippen molar-refractivity contribution in [3.8, 4) is 16.5 Å². The molecule has 1 fully saturated rings. The van der Waals surface area contributed by atoms with Gasteiger partial charge in [-0.2, -0.15) is 5.26 Å². The smallest absolute Gasteiger partial charge is 0.153 e. The summed E-state index contributed by atoms with van der Waals surface area (Å²) < 4.78 is 30.3. The lowest BCUT2D eigenvalue weighted by Crippen LogP contribution is -2.34. The van der Waals surface area contributed by atoms with E-state index in [1.807, 2.05) is 12.1 Å². The predicted octanol–water partition coefficient (Wildman–Crippen LogP) is 4.23. The molecule has 0 spiro atoms. The number of sulfone groups is 1. The summed E-state index contributed by atoms with van der Waals surface area (Å²) in [6.45, 7) is 4.63. The number of rotatable bonds is 5. The Bertz CT molecular complexity index is 892. The molecule has 26 heavy (non-hydrogen) atoms. The molecule has 0 unspecified atom stereocenters. The highest BCUT2D eigenvalue weighted by molar-refractivity contribution is 7.91. The lowest BCUT2D eigenvalue weighted by atomic mass is 9.83. The molecule has 1 aromatic carbocycles. The first kappa shape index (κ1) is 19.1. The zero-order valence-electron chi connectivity index (χ0n) is 15.0. The zero-order chi connectivity index (χ0) is 18.7. The van der Waals surface area contributed by atoms with Crippen LogP contribution in [0, 0.1) is 17.2 Å². The van der Waals surface area contributed by atoms with E-state index in [9.17, 15) is 8.42 Å². The molecule has 0 aliphatic carbocycles. The van der Waals surface area contributed by atoms with E-state index in [1.165, 1.54) is 11.3 Å². The molecule has 1 aromatic heterocycles. The zero-order valence-corrected chi connectivity index (χ0v) is 16.6. The molecule has 0 N–H and O–H groups in total. The SMILES string of the molecule is CC(C)S(=O)(=O)C[C@H]1COCC[C@@H]1c1ccc(-c2ccc(C#N)s2)cc1. The maximum Gasteiger partial charge on any atom is 0.153 e. The highest BCUT2D eigenvalue weighted by Crippen LogP contribution is 2.35. The summed E-state index contributed by atoms with van der Waals surface area (Å²) in [7, 11) is -3.10. The number of benzene rings is 1. The van der Waals surface area contributed by atoms with Gasteiger partial charge in [0.15, 0.2) is 9.84 Å². The molecule has 0 saturated carbocycles. The summed E-state index contributed by atoms with van der Waals surface area (Å²) in [5, 5.41) is 8.61. The van der Waals surface area contributed by atoms with Crippen molar-refractivity contribution in [3.63, 3.8) is 0 Å². The van der Waals surface area contributed by atoms with E-state index in [4.69, 9.17) is 10.00 Å². The van der Waals surface area contributed by atoms with Crippen LogP contribution in [0.1, 0.15) is 36.6 Å². The Morgan fingerprint density at radius 3 is 2.58 bits per heavy atom. The van der Waals surface area contributed by atoms with Crippen LogP contribution in [0.3, 0.4) is 0 Å². The second kappa shape index (κ2) is 7.91. The minimum atomic E-state index is -3.10. The summed E-state index contributed by atoms with van der Waals surface area (Å²) >= 11 is 1.48. The predicted molar refractivity (Wildman–Crippen MR) is 105 cm³/mol. The molecule has 2 aromatic rings. The van der Waals surface area contributed by atoms with Gasteiger partial charge in [0.1, 0.15) is 10.9 Å². The van der Waals surface area contributed by atoms with Crippen molar-refractivity contribution in [2.45, 2.75) is 31.4 Å². The molecule has 2 atom stereocenters. The lowest BCUT2D eigenvalue weighted by molar-refractivity contribution is 0.0483. The van der Waals surface area contributed by atoms with E-state index in [-0.39, 0.29) is 22.8 Å². The van der Waals surface area contributed by atoms with Crippen molar-refractivity contribution in [1.29, 1.82) is 5.26 Å². The number of nitrogens with zero attached hydrogens (tertiary/aromatic N) is 1. The Kier molecular flexibility index (Phi) is 5.81. The first-order valence-electron chi connectivity index (χ1n) is 8.80. The Hall–Kier alpha value is -1.68. The van der Waals surface area contributed by atoms with Gasteiger partial charge in [0, 0.05) is 17.4 Å². The molecule has 3 rings (SSSR count). The summed E-state index contributed by atoms with van der Waals surface area (Å²) in [5.74, 6) is 0.367. The minimum absolute atomic E-state index is 0.00562. The molecule has 1 aliphatic heterocycles. The first-order chi connectivity index (χ1) is 12.4. The van der Waals surface area contributed by atoms with Crippen LogP contribution in [0.2, 0.25) is 0 Å². The van der Waals surface area contributed by atoms with Crippen molar-refractivity contribution in [2.24, 2.45) is 5.92 Å². The molecule has 4 nitrogen and oxygen atoms in total. The van der Waals surface area contributed by atoms with E-state index in [2.05, 4.69) is 30.3 Å². The quantitative estimate of drug-likeness (QED) is 0.767. The fraction of sp³-hybridized carbons (Fsp3) is 0.450. The fourth-order valence-corrected chi connectivity index (χ4v) is 5.46. The largest absolute Gasteiger partial charge is 0.381 e. The number of thiophene rings is 1. The number of nitriles is 1. The fourth-order valence-electron chi connectivity index (χ4n) is 3.34. The third-order valence-corrected chi connectivity index (χ3v) is 8.35. The van der Waals surface area contributed by atoms with Gasteiger partial charge < -0.3 is 4.74 Å². The number of ether oxygens (including phenoxy) is 1.